The third-order valence-corrected chi connectivity index (χ3v) is 8.03. The van der Waals surface area contributed by atoms with Crippen molar-refractivity contribution in [1.82, 2.24) is 10.2 Å². The van der Waals surface area contributed by atoms with Crippen molar-refractivity contribution in [3.8, 4) is 0 Å². The molecule has 0 radical (unpaired) electrons. The maximum atomic E-state index is 4.76. The topological polar surface area (TPSA) is 28.7 Å². The van der Waals surface area contributed by atoms with Crippen molar-refractivity contribution >= 4 is 22.3 Å². The van der Waals surface area contributed by atoms with E-state index in [1.807, 2.05) is 6.20 Å². The third kappa shape index (κ3) is 5.82. The van der Waals surface area contributed by atoms with Crippen molar-refractivity contribution in [3.63, 3.8) is 0 Å². The van der Waals surface area contributed by atoms with Crippen molar-refractivity contribution in [2.45, 2.75) is 0 Å². The molecule has 214 valence electrons. The summed E-state index contributed by atoms with van der Waals surface area (Å²) in [4.78, 5) is 0. The predicted molar refractivity (Wildman–Crippen MR) is 187 cm³/mol. The molecule has 7 aromatic rings. The number of nitrogens with one attached hydrogen (secondary N) is 1. The molecule has 45 heavy (non-hydrogen) atoms. The third-order valence-electron chi connectivity index (χ3n) is 8.03. The van der Waals surface area contributed by atoms with Crippen LogP contribution in [0.1, 0.15) is 44.6 Å². The van der Waals surface area contributed by atoms with Crippen molar-refractivity contribution < 1.29 is 0 Å². The molecule has 1 aromatic heterocycles. The first-order valence-corrected chi connectivity index (χ1v) is 15.2. The molecule has 7 rings (SSSR count). The van der Waals surface area contributed by atoms with Crippen molar-refractivity contribution in [1.29, 1.82) is 0 Å². The molecule has 0 amide bonds. The van der Waals surface area contributed by atoms with E-state index >= 15 is 0 Å². The number of rotatable bonds is 8. The SMILES string of the molecule is c1ccc(C(=C(c2ccccc2)c2cn[nH]c2C(=C(c2ccccc2)c2ccccc2)c2ccccc2)c2ccccc2)cc1. The van der Waals surface area contributed by atoms with Gasteiger partial charge in [-0.2, -0.15) is 5.10 Å². The Labute approximate surface area is 264 Å². The average molecular weight is 577 g/mol. The summed E-state index contributed by atoms with van der Waals surface area (Å²) in [6, 6.07) is 64.0. The fourth-order valence-electron chi connectivity index (χ4n) is 6.05. The highest BCUT2D eigenvalue weighted by Gasteiger charge is 2.25. The summed E-state index contributed by atoms with van der Waals surface area (Å²) >= 11 is 0. The number of benzene rings is 6. The van der Waals surface area contributed by atoms with Crippen LogP contribution >= 0.6 is 0 Å². The Morgan fingerprint density at radius 1 is 0.311 bits per heavy atom. The van der Waals surface area contributed by atoms with Gasteiger partial charge in [0.1, 0.15) is 0 Å². The van der Waals surface area contributed by atoms with Crippen LogP contribution in [-0.2, 0) is 0 Å². The Morgan fingerprint density at radius 3 is 0.911 bits per heavy atom. The van der Waals surface area contributed by atoms with Crippen LogP contribution in [0.4, 0.5) is 0 Å². The highest BCUT2D eigenvalue weighted by atomic mass is 15.1. The van der Waals surface area contributed by atoms with Gasteiger partial charge >= 0.3 is 0 Å². The minimum absolute atomic E-state index is 0.965. The number of nitrogens with zero attached hydrogens (tertiary/aromatic N) is 1. The maximum Gasteiger partial charge on any atom is 0.0741 e. The molecule has 0 saturated heterocycles. The molecule has 0 aliphatic carbocycles. The quantitative estimate of drug-likeness (QED) is 0.179. The van der Waals surface area contributed by atoms with Gasteiger partial charge < -0.3 is 0 Å². The minimum Gasteiger partial charge on any atom is -0.277 e. The van der Waals surface area contributed by atoms with Crippen LogP contribution < -0.4 is 0 Å². The Kier molecular flexibility index (Phi) is 8.11. The van der Waals surface area contributed by atoms with E-state index in [-0.39, 0.29) is 0 Å². The summed E-state index contributed by atoms with van der Waals surface area (Å²) in [7, 11) is 0. The van der Waals surface area contributed by atoms with Crippen molar-refractivity contribution in [2.75, 3.05) is 0 Å². The molecule has 0 fully saturated rings. The molecule has 0 bridgehead atoms. The summed E-state index contributed by atoms with van der Waals surface area (Å²) < 4.78 is 0. The monoisotopic (exact) mass is 576 g/mol. The molecule has 2 heteroatoms. The number of aromatic amines is 1. The zero-order valence-electron chi connectivity index (χ0n) is 24.8. The van der Waals surface area contributed by atoms with Gasteiger partial charge in [0, 0.05) is 16.7 Å². The van der Waals surface area contributed by atoms with Crippen LogP contribution in [0.15, 0.2) is 188 Å². The normalized spacial score (nSPS) is 10.7. The summed E-state index contributed by atoms with van der Waals surface area (Å²) in [6.45, 7) is 0. The van der Waals surface area contributed by atoms with E-state index in [1.165, 1.54) is 0 Å². The Hall–Kier alpha value is -5.99. The number of H-pyrrole nitrogens is 1. The molecule has 0 spiro atoms. The lowest BCUT2D eigenvalue weighted by atomic mass is 9.82. The maximum absolute atomic E-state index is 4.76. The van der Waals surface area contributed by atoms with Crippen molar-refractivity contribution in [2.24, 2.45) is 0 Å². The summed E-state index contributed by atoms with van der Waals surface area (Å²) in [5.74, 6) is 0. The second kappa shape index (κ2) is 13.1. The Bertz CT molecular complexity index is 1810. The second-order valence-corrected chi connectivity index (χ2v) is 10.9. The van der Waals surface area contributed by atoms with E-state index in [0.717, 1.165) is 66.9 Å². The molecular formula is C43H32N2. The standard InChI is InChI=1S/C43H32N2/c1-7-19-32(20-8-1)39(33-21-9-2-10-22-33)41(36-27-15-5-16-28-36)38-31-44-45-43(38)42(37-29-17-6-18-30-37)40(34-23-11-3-12-24-34)35-25-13-4-14-26-35/h1-31H,(H,44,45). The van der Waals surface area contributed by atoms with Crippen LogP contribution in [0.3, 0.4) is 0 Å². The van der Waals surface area contributed by atoms with Crippen LogP contribution in [0.5, 0.6) is 0 Å². The summed E-state index contributed by atoms with van der Waals surface area (Å²) in [5, 5.41) is 8.25. The van der Waals surface area contributed by atoms with Gasteiger partial charge in [-0.05, 0) is 44.5 Å². The lowest BCUT2D eigenvalue weighted by molar-refractivity contribution is 1.07. The van der Waals surface area contributed by atoms with E-state index in [2.05, 4.69) is 187 Å². The van der Waals surface area contributed by atoms with Gasteiger partial charge in [0.2, 0.25) is 0 Å². The zero-order chi connectivity index (χ0) is 30.3. The number of hydrogen-bond acceptors (Lipinski definition) is 1. The smallest absolute Gasteiger partial charge is 0.0741 e. The van der Waals surface area contributed by atoms with E-state index < -0.39 is 0 Å². The molecule has 0 saturated carbocycles. The van der Waals surface area contributed by atoms with Gasteiger partial charge in [-0.3, -0.25) is 5.10 Å². The summed E-state index contributed by atoms with van der Waals surface area (Å²) in [6.07, 6.45) is 1.99. The minimum atomic E-state index is 0.965. The van der Waals surface area contributed by atoms with Crippen LogP contribution in [0.2, 0.25) is 0 Å². The zero-order valence-corrected chi connectivity index (χ0v) is 24.8. The Morgan fingerprint density at radius 2 is 0.578 bits per heavy atom. The van der Waals surface area contributed by atoms with Gasteiger partial charge in [-0.1, -0.05) is 182 Å². The highest BCUT2D eigenvalue weighted by molar-refractivity contribution is 6.10. The van der Waals surface area contributed by atoms with E-state index in [9.17, 15) is 0 Å². The lowest BCUT2D eigenvalue weighted by Gasteiger charge is -2.21. The number of hydrogen-bond donors (Lipinski definition) is 1. The van der Waals surface area contributed by atoms with Crippen molar-refractivity contribution in [3.05, 3.63) is 233 Å². The Balaban J connectivity index is 1.63. The summed E-state index contributed by atoms with van der Waals surface area (Å²) in [5.41, 5.74) is 13.3. The lowest BCUT2D eigenvalue weighted by Crippen LogP contribution is -2.03. The molecule has 0 aliphatic rings. The van der Waals surface area contributed by atoms with E-state index in [1.54, 1.807) is 0 Å². The predicted octanol–water partition coefficient (Wildman–Crippen LogP) is 10.4. The molecule has 0 aliphatic heterocycles. The fourth-order valence-corrected chi connectivity index (χ4v) is 6.05. The van der Waals surface area contributed by atoms with Gasteiger partial charge in [0.25, 0.3) is 0 Å². The molecule has 1 heterocycles. The van der Waals surface area contributed by atoms with Gasteiger partial charge in [0.05, 0.1) is 11.9 Å². The van der Waals surface area contributed by atoms with Crippen LogP contribution in [0, 0.1) is 0 Å². The molecule has 6 aromatic carbocycles. The van der Waals surface area contributed by atoms with E-state index in [0.29, 0.717) is 0 Å². The molecule has 1 N–H and O–H groups in total. The van der Waals surface area contributed by atoms with Crippen LogP contribution in [0.25, 0.3) is 22.3 Å². The van der Waals surface area contributed by atoms with Gasteiger partial charge in [-0.15, -0.1) is 0 Å². The van der Waals surface area contributed by atoms with Gasteiger partial charge in [0.15, 0.2) is 0 Å². The fraction of sp³-hybridized carbons (Fsp3) is 0. The number of aromatic nitrogens is 2. The highest BCUT2D eigenvalue weighted by Crippen LogP contribution is 2.43. The van der Waals surface area contributed by atoms with E-state index in [4.69, 9.17) is 5.10 Å². The van der Waals surface area contributed by atoms with Gasteiger partial charge in [-0.25, -0.2) is 0 Å². The molecule has 0 atom stereocenters. The van der Waals surface area contributed by atoms with Crippen LogP contribution in [-0.4, -0.2) is 10.2 Å². The first-order chi connectivity index (χ1) is 22.4. The molecule has 2 nitrogen and oxygen atoms in total. The molecule has 0 unspecified atom stereocenters. The first-order valence-electron chi connectivity index (χ1n) is 15.2. The molecular weight excluding hydrogens is 544 g/mol. The largest absolute Gasteiger partial charge is 0.277 e. The average Bonchev–Trinajstić information content (AvgIpc) is 3.60. The second-order valence-electron chi connectivity index (χ2n) is 10.9. The first kappa shape index (κ1) is 27.8.